The fraction of sp³-hybridized carbons (Fsp3) is 0.650. The third kappa shape index (κ3) is 12.2. The number of rotatable bonds is 12. The van der Waals surface area contributed by atoms with Gasteiger partial charge in [0.15, 0.2) is 5.66 Å². The third-order valence-electron chi connectivity index (χ3n) is 4.02. The van der Waals surface area contributed by atoms with Gasteiger partial charge >= 0.3 is 13.6 Å². The highest BCUT2D eigenvalue weighted by atomic mass is 31.2. The molecule has 0 saturated carbocycles. The highest BCUT2D eigenvalue weighted by Gasteiger charge is 2.36. The number of allylic oxidation sites excluding steroid dienone is 6. The topological polar surface area (TPSA) is 83.8 Å². The molecule has 0 saturated heterocycles. The average molecular weight is 386 g/mol. The number of carbonyl (C=O) groups is 1. The highest BCUT2D eigenvalue weighted by Crippen LogP contribution is 2.44. The minimum Gasteiger partial charge on any atom is -0.465 e. The molecule has 0 fully saturated rings. The minimum atomic E-state index is -4.49. The molecule has 0 aromatic heterocycles. The van der Waals surface area contributed by atoms with E-state index in [-0.39, 0.29) is 13.0 Å². The van der Waals surface area contributed by atoms with Gasteiger partial charge in [0.25, 0.3) is 0 Å². The molecule has 0 radical (unpaired) electrons. The Labute approximate surface area is 158 Å². The minimum absolute atomic E-state index is 0.0953. The van der Waals surface area contributed by atoms with E-state index in [4.69, 9.17) is 4.74 Å². The molecule has 0 aromatic carbocycles. The Kier molecular flexibility index (Phi) is 12.5. The van der Waals surface area contributed by atoms with Crippen molar-refractivity contribution in [1.29, 1.82) is 0 Å². The summed E-state index contributed by atoms with van der Waals surface area (Å²) in [5.41, 5.74) is 2.50. The van der Waals surface area contributed by atoms with Crippen molar-refractivity contribution in [2.45, 2.75) is 78.8 Å². The third-order valence-corrected chi connectivity index (χ3v) is 5.30. The Hall–Kier alpha value is -1.16. The molecule has 150 valence electrons. The van der Waals surface area contributed by atoms with E-state index in [2.05, 4.69) is 32.9 Å². The van der Waals surface area contributed by atoms with Crippen molar-refractivity contribution in [2.75, 3.05) is 6.61 Å². The van der Waals surface area contributed by atoms with E-state index in [1.165, 1.54) is 11.1 Å². The lowest BCUT2D eigenvalue weighted by atomic mass is 10.1. The first-order chi connectivity index (χ1) is 12.1. The Balaban J connectivity index is 4.40. The van der Waals surface area contributed by atoms with Gasteiger partial charge in [0.05, 0.1) is 6.61 Å². The number of hydrogen-bond donors (Lipinski definition) is 2. The Bertz CT molecular complexity index is 565. The quantitative estimate of drug-likeness (QED) is 0.270. The summed E-state index contributed by atoms with van der Waals surface area (Å²) in [6.07, 6.45) is 11.0. The zero-order valence-corrected chi connectivity index (χ0v) is 17.7. The molecule has 0 aliphatic rings. The largest absolute Gasteiger partial charge is 0.465 e. The van der Waals surface area contributed by atoms with Crippen LogP contribution in [0.25, 0.3) is 0 Å². The first-order valence-electron chi connectivity index (χ1n) is 9.24. The number of esters is 1. The van der Waals surface area contributed by atoms with E-state index < -0.39 is 19.2 Å². The second kappa shape index (κ2) is 13.1. The van der Waals surface area contributed by atoms with E-state index in [0.29, 0.717) is 6.42 Å². The van der Waals surface area contributed by atoms with Crippen molar-refractivity contribution >= 4 is 13.6 Å². The van der Waals surface area contributed by atoms with E-state index in [0.717, 1.165) is 31.3 Å². The molecule has 0 rings (SSSR count). The van der Waals surface area contributed by atoms with Gasteiger partial charge in [-0.3, -0.25) is 9.36 Å². The predicted molar refractivity (Wildman–Crippen MR) is 107 cm³/mol. The molecule has 2 N–H and O–H groups in total. The maximum absolute atomic E-state index is 11.7. The standard InChI is InChI=1S/C20H35O5P/c1-6-25-20(21)19(26(22,23)24)15-9-14-18(5)13-8-12-17(4)11-7-10-16(2)3/h10,12,14,19H,6-9,11,13,15H2,1-5H3,(H2,22,23,24)/b17-12+,18-14+. The van der Waals surface area contributed by atoms with Gasteiger partial charge in [-0.05, 0) is 73.1 Å². The van der Waals surface area contributed by atoms with Gasteiger partial charge in [-0.15, -0.1) is 0 Å². The monoisotopic (exact) mass is 386 g/mol. The van der Waals surface area contributed by atoms with E-state index >= 15 is 0 Å². The normalized spacial score (nSPS) is 14.1. The van der Waals surface area contributed by atoms with Crippen LogP contribution in [0.2, 0.25) is 0 Å². The Morgan fingerprint density at radius 1 is 0.962 bits per heavy atom. The van der Waals surface area contributed by atoms with Gasteiger partial charge in [0.1, 0.15) is 0 Å². The molecule has 6 heteroatoms. The Morgan fingerprint density at radius 3 is 1.92 bits per heavy atom. The number of hydrogen-bond acceptors (Lipinski definition) is 3. The Morgan fingerprint density at radius 2 is 1.46 bits per heavy atom. The lowest BCUT2D eigenvalue weighted by molar-refractivity contribution is -0.143. The molecular formula is C20H35O5P. The van der Waals surface area contributed by atoms with E-state index in [9.17, 15) is 19.1 Å². The van der Waals surface area contributed by atoms with Crippen molar-refractivity contribution in [1.82, 2.24) is 0 Å². The summed E-state index contributed by atoms with van der Waals surface area (Å²) >= 11 is 0. The molecule has 0 bridgehead atoms. The zero-order chi connectivity index (χ0) is 20.2. The van der Waals surface area contributed by atoms with Crippen molar-refractivity contribution in [2.24, 2.45) is 0 Å². The lowest BCUT2D eigenvalue weighted by Gasteiger charge is -2.16. The van der Waals surface area contributed by atoms with Crippen LogP contribution < -0.4 is 0 Å². The average Bonchev–Trinajstić information content (AvgIpc) is 2.50. The molecule has 5 nitrogen and oxygen atoms in total. The van der Waals surface area contributed by atoms with Gasteiger partial charge in [-0.2, -0.15) is 0 Å². The summed E-state index contributed by atoms with van der Waals surface area (Å²) in [5.74, 6) is -0.818. The van der Waals surface area contributed by atoms with Crippen molar-refractivity contribution < 1.29 is 23.9 Å². The fourth-order valence-corrected chi connectivity index (χ4v) is 3.32. The van der Waals surface area contributed by atoms with Crippen LogP contribution in [0.1, 0.15) is 73.1 Å². The molecule has 1 atom stereocenters. The highest BCUT2D eigenvalue weighted by molar-refractivity contribution is 7.53. The van der Waals surface area contributed by atoms with Gasteiger partial charge in [0.2, 0.25) is 0 Å². The van der Waals surface area contributed by atoms with Gasteiger partial charge in [0, 0.05) is 0 Å². The van der Waals surface area contributed by atoms with Crippen molar-refractivity contribution in [3.8, 4) is 0 Å². The van der Waals surface area contributed by atoms with E-state index in [1.54, 1.807) is 6.92 Å². The fourth-order valence-electron chi connectivity index (χ4n) is 2.49. The SMILES string of the molecule is CCOC(=O)C(CC/C=C(\C)CC/C=C(\C)CCC=C(C)C)P(=O)(O)O. The van der Waals surface area contributed by atoms with Crippen molar-refractivity contribution in [3.05, 3.63) is 34.9 Å². The summed E-state index contributed by atoms with van der Waals surface area (Å²) < 4.78 is 16.2. The number of ether oxygens (including phenoxy) is 1. The molecule has 1 unspecified atom stereocenters. The second-order valence-electron chi connectivity index (χ2n) is 6.89. The van der Waals surface area contributed by atoms with Gasteiger partial charge in [-0.1, -0.05) is 34.9 Å². The molecule has 0 heterocycles. The maximum atomic E-state index is 11.7. The zero-order valence-electron chi connectivity index (χ0n) is 16.8. The predicted octanol–water partition coefficient (Wildman–Crippen LogP) is 5.30. The smallest absolute Gasteiger partial charge is 0.339 e. The molecule has 0 spiro atoms. The summed E-state index contributed by atoms with van der Waals surface area (Å²) in [6.45, 7) is 10.1. The summed E-state index contributed by atoms with van der Waals surface area (Å²) in [6, 6.07) is 0. The molecule has 26 heavy (non-hydrogen) atoms. The van der Waals surface area contributed by atoms with Crippen LogP contribution in [0.15, 0.2) is 34.9 Å². The molecular weight excluding hydrogens is 351 g/mol. The molecule has 0 amide bonds. The first kappa shape index (κ1) is 24.8. The van der Waals surface area contributed by atoms with Crippen LogP contribution in [0, 0.1) is 0 Å². The van der Waals surface area contributed by atoms with Crippen LogP contribution in [-0.2, 0) is 14.1 Å². The summed E-state index contributed by atoms with van der Waals surface area (Å²) in [4.78, 5) is 30.3. The van der Waals surface area contributed by atoms with Crippen LogP contribution >= 0.6 is 7.60 Å². The summed E-state index contributed by atoms with van der Waals surface area (Å²) in [5, 5.41) is 0. The number of carbonyl (C=O) groups excluding carboxylic acids is 1. The molecule has 0 aliphatic carbocycles. The van der Waals surface area contributed by atoms with Crippen LogP contribution in [0.3, 0.4) is 0 Å². The lowest BCUT2D eigenvalue weighted by Crippen LogP contribution is -2.23. The van der Waals surface area contributed by atoms with Crippen molar-refractivity contribution in [3.63, 3.8) is 0 Å². The van der Waals surface area contributed by atoms with E-state index in [1.807, 2.05) is 13.0 Å². The molecule has 0 aliphatic heterocycles. The summed E-state index contributed by atoms with van der Waals surface area (Å²) in [7, 11) is -4.49. The van der Waals surface area contributed by atoms with Crippen LogP contribution in [0.4, 0.5) is 0 Å². The van der Waals surface area contributed by atoms with Gasteiger partial charge in [-0.25, -0.2) is 0 Å². The first-order valence-corrected chi connectivity index (χ1v) is 10.9. The molecule has 0 aromatic rings. The second-order valence-corrected chi connectivity index (χ2v) is 8.70. The van der Waals surface area contributed by atoms with Crippen LogP contribution in [-0.4, -0.2) is 28.0 Å². The van der Waals surface area contributed by atoms with Gasteiger partial charge < -0.3 is 14.5 Å². The maximum Gasteiger partial charge on any atom is 0.339 e. The van der Waals surface area contributed by atoms with Crippen LogP contribution in [0.5, 0.6) is 0 Å².